The van der Waals surface area contributed by atoms with Crippen LogP contribution in [-0.4, -0.2) is 35.5 Å². The summed E-state index contributed by atoms with van der Waals surface area (Å²) in [6.07, 6.45) is 0.602. The van der Waals surface area contributed by atoms with Crippen LogP contribution in [0.4, 0.5) is 0 Å². The second kappa shape index (κ2) is 6.34. The van der Waals surface area contributed by atoms with E-state index in [4.69, 9.17) is 39.0 Å². The molecule has 108 valence electrons. The highest BCUT2D eigenvalue weighted by atomic mass is 32.1. The number of aliphatic hydroxyl groups excluding tert-OH is 1. The number of benzene rings is 1. The second-order valence-corrected chi connectivity index (χ2v) is 4.99. The van der Waals surface area contributed by atoms with Crippen LogP contribution in [0.3, 0.4) is 0 Å². The van der Waals surface area contributed by atoms with Gasteiger partial charge in [-0.1, -0.05) is 12.2 Å². The minimum Gasteiger partial charge on any atom is -0.493 e. The smallest absolute Gasteiger partial charge is 0.178 e. The molecule has 2 aromatic rings. The Morgan fingerprint density at radius 2 is 1.85 bits per heavy atom. The van der Waals surface area contributed by atoms with Crippen LogP contribution in [0.5, 0.6) is 11.5 Å². The predicted molar refractivity (Wildman–Crippen MR) is 82.8 cm³/mol. The van der Waals surface area contributed by atoms with Crippen molar-refractivity contribution in [2.45, 2.75) is 13.0 Å². The molecule has 0 spiro atoms. The van der Waals surface area contributed by atoms with Crippen LogP contribution >= 0.6 is 24.4 Å². The molecule has 0 unspecified atom stereocenters. The second-order valence-electron chi connectivity index (χ2n) is 4.22. The average molecular weight is 312 g/mol. The molecule has 7 heteroatoms. The van der Waals surface area contributed by atoms with Crippen molar-refractivity contribution in [1.29, 1.82) is 0 Å². The van der Waals surface area contributed by atoms with Crippen LogP contribution in [-0.2, 0) is 6.54 Å². The van der Waals surface area contributed by atoms with Crippen LogP contribution in [0.15, 0.2) is 12.1 Å². The molecule has 0 saturated heterocycles. The molecule has 0 bridgehead atoms. The first kappa shape index (κ1) is 15.0. The van der Waals surface area contributed by atoms with E-state index in [1.54, 1.807) is 18.8 Å². The van der Waals surface area contributed by atoms with Gasteiger partial charge in [-0.15, -0.1) is 0 Å². The zero-order valence-corrected chi connectivity index (χ0v) is 12.9. The van der Waals surface area contributed by atoms with Crippen molar-refractivity contribution in [3.05, 3.63) is 21.5 Å². The molecule has 20 heavy (non-hydrogen) atoms. The van der Waals surface area contributed by atoms with Gasteiger partial charge >= 0.3 is 0 Å². The molecule has 1 aromatic heterocycles. The van der Waals surface area contributed by atoms with Crippen molar-refractivity contribution in [2.24, 2.45) is 0 Å². The van der Waals surface area contributed by atoms with E-state index in [9.17, 15) is 0 Å². The molecule has 0 aliphatic rings. The van der Waals surface area contributed by atoms with E-state index in [1.807, 2.05) is 12.1 Å². The summed E-state index contributed by atoms with van der Waals surface area (Å²) in [5, 5.41) is 9.78. The van der Waals surface area contributed by atoms with Gasteiger partial charge in [0, 0.05) is 24.6 Å². The summed E-state index contributed by atoms with van der Waals surface area (Å²) in [4.78, 5) is 3.13. The average Bonchev–Trinajstić information content (AvgIpc) is 2.46. The van der Waals surface area contributed by atoms with Crippen LogP contribution < -0.4 is 9.47 Å². The van der Waals surface area contributed by atoms with Gasteiger partial charge in [0.2, 0.25) is 0 Å². The molecule has 1 heterocycles. The van der Waals surface area contributed by atoms with Gasteiger partial charge in [0.1, 0.15) is 4.64 Å². The molecular formula is C13H16N2O3S2. The Morgan fingerprint density at radius 3 is 2.45 bits per heavy atom. The monoisotopic (exact) mass is 312 g/mol. The largest absolute Gasteiger partial charge is 0.493 e. The molecule has 0 aliphatic carbocycles. The number of aromatic amines is 1. The third kappa shape index (κ3) is 2.70. The number of aliphatic hydroxyl groups is 1. The van der Waals surface area contributed by atoms with E-state index in [2.05, 4.69) is 4.98 Å². The summed E-state index contributed by atoms with van der Waals surface area (Å²) in [5.41, 5.74) is 0.804. The summed E-state index contributed by atoms with van der Waals surface area (Å²) < 4.78 is 13.5. The molecule has 5 nitrogen and oxygen atoms in total. The third-order valence-corrected chi connectivity index (χ3v) is 3.79. The molecule has 0 amide bonds. The Morgan fingerprint density at radius 1 is 1.20 bits per heavy atom. The maximum Gasteiger partial charge on any atom is 0.178 e. The van der Waals surface area contributed by atoms with Gasteiger partial charge in [0.05, 0.1) is 19.7 Å². The lowest BCUT2D eigenvalue weighted by atomic mass is 10.2. The number of hydrogen-bond acceptors (Lipinski definition) is 5. The van der Waals surface area contributed by atoms with Crippen molar-refractivity contribution in [3.8, 4) is 11.5 Å². The summed E-state index contributed by atoms with van der Waals surface area (Å²) in [6, 6.07) is 3.65. The standard InChI is InChI=1S/C13H16N2O3S2/c1-17-10-6-8-9(7-11(10)18-2)14-13(20)15(12(8)19)4-3-5-16/h6-7,16H,3-5H2,1-2H3,(H,14,20). The van der Waals surface area contributed by atoms with Gasteiger partial charge in [0.15, 0.2) is 16.3 Å². The van der Waals surface area contributed by atoms with E-state index >= 15 is 0 Å². The van der Waals surface area contributed by atoms with Gasteiger partial charge in [-0.25, -0.2) is 0 Å². The topological polar surface area (TPSA) is 59.4 Å². The molecule has 2 rings (SSSR count). The molecule has 0 fully saturated rings. The van der Waals surface area contributed by atoms with Gasteiger partial charge in [-0.05, 0) is 24.7 Å². The molecule has 2 N–H and O–H groups in total. The summed E-state index contributed by atoms with van der Waals surface area (Å²) in [5.74, 6) is 1.23. The number of hydrogen-bond donors (Lipinski definition) is 2. The van der Waals surface area contributed by atoms with E-state index in [-0.39, 0.29) is 6.61 Å². The number of methoxy groups -OCH3 is 2. The number of H-pyrrole nitrogens is 1. The Kier molecular flexibility index (Phi) is 4.74. The van der Waals surface area contributed by atoms with Crippen LogP contribution in [0, 0.1) is 9.41 Å². The Bertz CT molecular complexity index is 737. The SMILES string of the molecule is COc1cc2[nH]c(=S)n(CCCO)c(=S)c2cc1OC. The number of rotatable bonds is 5. The van der Waals surface area contributed by atoms with Gasteiger partial charge < -0.3 is 24.1 Å². The fraction of sp³-hybridized carbons (Fsp3) is 0.385. The minimum atomic E-state index is 0.0977. The van der Waals surface area contributed by atoms with Crippen molar-refractivity contribution < 1.29 is 14.6 Å². The minimum absolute atomic E-state index is 0.0977. The van der Waals surface area contributed by atoms with E-state index < -0.39 is 0 Å². The van der Waals surface area contributed by atoms with Crippen LogP contribution in [0.1, 0.15) is 6.42 Å². The Labute approximate surface area is 126 Å². The Balaban J connectivity index is 2.71. The number of nitrogens with zero attached hydrogens (tertiary/aromatic N) is 1. The molecule has 0 saturated carbocycles. The quantitative estimate of drug-likeness (QED) is 0.831. The zero-order valence-electron chi connectivity index (χ0n) is 11.3. The highest BCUT2D eigenvalue weighted by Gasteiger charge is 2.09. The fourth-order valence-electron chi connectivity index (χ4n) is 2.01. The molecule has 0 radical (unpaired) electrons. The lowest BCUT2D eigenvalue weighted by molar-refractivity contribution is 0.279. The maximum absolute atomic E-state index is 8.95. The molecule has 0 aliphatic heterocycles. The zero-order chi connectivity index (χ0) is 14.7. The van der Waals surface area contributed by atoms with Crippen molar-refractivity contribution in [2.75, 3.05) is 20.8 Å². The number of ether oxygens (including phenoxy) is 2. The van der Waals surface area contributed by atoms with E-state index in [1.165, 1.54) is 0 Å². The van der Waals surface area contributed by atoms with Gasteiger partial charge in [0.25, 0.3) is 0 Å². The van der Waals surface area contributed by atoms with Crippen molar-refractivity contribution in [1.82, 2.24) is 9.55 Å². The van der Waals surface area contributed by atoms with Crippen LogP contribution in [0.25, 0.3) is 10.9 Å². The third-order valence-electron chi connectivity index (χ3n) is 3.03. The summed E-state index contributed by atoms with van der Waals surface area (Å²) >= 11 is 10.8. The predicted octanol–water partition coefficient (Wildman–Crippen LogP) is 2.83. The van der Waals surface area contributed by atoms with E-state index in [0.29, 0.717) is 33.9 Å². The Hall–Kier alpha value is -1.44. The summed E-state index contributed by atoms with van der Waals surface area (Å²) in [7, 11) is 3.16. The van der Waals surface area contributed by atoms with Crippen LogP contribution in [0.2, 0.25) is 0 Å². The highest BCUT2D eigenvalue weighted by Crippen LogP contribution is 2.31. The molecular weight excluding hydrogens is 296 g/mol. The first-order valence-electron chi connectivity index (χ1n) is 6.12. The summed E-state index contributed by atoms with van der Waals surface area (Å²) in [6.45, 7) is 0.676. The highest BCUT2D eigenvalue weighted by molar-refractivity contribution is 7.72. The lowest BCUT2D eigenvalue weighted by Crippen LogP contribution is -2.06. The molecule has 0 atom stereocenters. The first-order chi connectivity index (χ1) is 9.62. The number of fused-ring (bicyclic) bond motifs is 1. The van der Waals surface area contributed by atoms with E-state index in [0.717, 1.165) is 10.9 Å². The maximum atomic E-state index is 8.95. The number of nitrogens with one attached hydrogen (secondary N) is 1. The molecule has 1 aromatic carbocycles. The van der Waals surface area contributed by atoms with Crippen molar-refractivity contribution in [3.63, 3.8) is 0 Å². The number of aromatic nitrogens is 2. The fourth-order valence-corrected chi connectivity index (χ4v) is 2.71. The lowest BCUT2D eigenvalue weighted by Gasteiger charge is -2.12. The van der Waals surface area contributed by atoms with Crippen molar-refractivity contribution >= 4 is 35.3 Å². The normalized spacial score (nSPS) is 10.8. The van der Waals surface area contributed by atoms with Gasteiger partial charge in [-0.3, -0.25) is 0 Å². The first-order valence-corrected chi connectivity index (χ1v) is 6.93. The van der Waals surface area contributed by atoms with Gasteiger partial charge in [-0.2, -0.15) is 0 Å².